The topological polar surface area (TPSA) is 46.6 Å². The first-order chi connectivity index (χ1) is 10.1. The normalized spacial score (nSPS) is 11.8. The van der Waals surface area contributed by atoms with Crippen LogP contribution in [-0.4, -0.2) is 35.3 Å². The molecule has 1 aromatic rings. The SMILES string of the molecule is CCOC(=O)C(C)N(Cc1ccccc1)C(=O)CCCCl. The molecule has 0 spiro atoms. The smallest absolute Gasteiger partial charge is 0.328 e. The van der Waals surface area contributed by atoms with Crippen LogP contribution in [0.2, 0.25) is 0 Å². The Balaban J connectivity index is 2.83. The molecule has 1 aromatic carbocycles. The van der Waals surface area contributed by atoms with E-state index >= 15 is 0 Å². The quantitative estimate of drug-likeness (QED) is 0.548. The summed E-state index contributed by atoms with van der Waals surface area (Å²) >= 11 is 5.64. The fraction of sp³-hybridized carbons (Fsp3) is 0.500. The van der Waals surface area contributed by atoms with Gasteiger partial charge in [0.1, 0.15) is 6.04 Å². The largest absolute Gasteiger partial charge is 0.464 e. The first kappa shape index (κ1) is 17.5. The first-order valence-corrected chi connectivity index (χ1v) is 7.69. The molecule has 4 nitrogen and oxygen atoms in total. The van der Waals surface area contributed by atoms with Crippen LogP contribution in [0.5, 0.6) is 0 Å². The van der Waals surface area contributed by atoms with Crippen molar-refractivity contribution in [3.8, 4) is 0 Å². The van der Waals surface area contributed by atoms with Gasteiger partial charge in [0, 0.05) is 18.8 Å². The van der Waals surface area contributed by atoms with E-state index in [2.05, 4.69) is 0 Å². The van der Waals surface area contributed by atoms with Crippen molar-refractivity contribution in [3.05, 3.63) is 35.9 Å². The predicted molar refractivity (Wildman–Crippen MR) is 83.0 cm³/mol. The number of benzene rings is 1. The van der Waals surface area contributed by atoms with Gasteiger partial charge in [-0.25, -0.2) is 4.79 Å². The van der Waals surface area contributed by atoms with Crippen molar-refractivity contribution < 1.29 is 14.3 Å². The number of rotatable bonds is 8. The second-order valence-corrected chi connectivity index (χ2v) is 5.11. The maximum Gasteiger partial charge on any atom is 0.328 e. The lowest BCUT2D eigenvalue weighted by atomic mass is 10.1. The highest BCUT2D eigenvalue weighted by Crippen LogP contribution is 2.12. The lowest BCUT2D eigenvalue weighted by Gasteiger charge is -2.28. The second-order valence-electron chi connectivity index (χ2n) is 4.73. The van der Waals surface area contributed by atoms with Crippen LogP contribution in [0.4, 0.5) is 0 Å². The molecule has 5 heteroatoms. The summed E-state index contributed by atoms with van der Waals surface area (Å²) in [4.78, 5) is 25.8. The molecule has 0 heterocycles. The summed E-state index contributed by atoms with van der Waals surface area (Å²) in [5, 5.41) is 0. The van der Waals surface area contributed by atoms with Crippen LogP contribution < -0.4 is 0 Å². The minimum Gasteiger partial charge on any atom is -0.464 e. The van der Waals surface area contributed by atoms with Crippen molar-refractivity contribution in [1.29, 1.82) is 0 Å². The summed E-state index contributed by atoms with van der Waals surface area (Å²) < 4.78 is 5.02. The van der Waals surface area contributed by atoms with Gasteiger partial charge >= 0.3 is 5.97 Å². The molecule has 0 aliphatic carbocycles. The average Bonchev–Trinajstić information content (AvgIpc) is 2.50. The zero-order valence-electron chi connectivity index (χ0n) is 12.5. The molecule has 0 radical (unpaired) electrons. The van der Waals surface area contributed by atoms with Gasteiger partial charge in [-0.15, -0.1) is 11.6 Å². The predicted octanol–water partition coefficient (Wildman–Crippen LogP) is 2.99. The summed E-state index contributed by atoms with van der Waals surface area (Å²) in [6, 6.07) is 8.99. The zero-order chi connectivity index (χ0) is 15.7. The molecular formula is C16H22ClNO3. The Morgan fingerprint density at radius 1 is 1.29 bits per heavy atom. The standard InChI is InChI=1S/C16H22ClNO3/c1-3-21-16(20)13(2)18(15(19)10-7-11-17)12-14-8-5-4-6-9-14/h4-6,8-9,13H,3,7,10-12H2,1-2H3. The van der Waals surface area contributed by atoms with Gasteiger partial charge < -0.3 is 9.64 Å². The molecule has 116 valence electrons. The fourth-order valence-corrected chi connectivity index (χ4v) is 2.11. The molecule has 0 fully saturated rings. The number of nitrogens with zero attached hydrogens (tertiary/aromatic N) is 1. The number of ether oxygens (including phenoxy) is 1. The Morgan fingerprint density at radius 2 is 1.95 bits per heavy atom. The summed E-state index contributed by atoms with van der Waals surface area (Å²) in [6.45, 7) is 4.14. The molecule has 0 saturated carbocycles. The molecule has 1 amide bonds. The van der Waals surface area contributed by atoms with E-state index < -0.39 is 6.04 Å². The number of halogens is 1. The number of esters is 1. The van der Waals surface area contributed by atoms with Gasteiger partial charge in [0.2, 0.25) is 5.91 Å². The van der Waals surface area contributed by atoms with E-state index in [1.165, 1.54) is 0 Å². The number of hydrogen-bond donors (Lipinski definition) is 0. The third-order valence-corrected chi connectivity index (χ3v) is 3.40. The van der Waals surface area contributed by atoms with E-state index in [4.69, 9.17) is 16.3 Å². The summed E-state index contributed by atoms with van der Waals surface area (Å²) in [6.07, 6.45) is 0.932. The van der Waals surface area contributed by atoms with E-state index in [9.17, 15) is 9.59 Å². The lowest BCUT2D eigenvalue weighted by Crippen LogP contribution is -2.43. The summed E-state index contributed by atoms with van der Waals surface area (Å²) in [5.74, 6) is -0.0358. The van der Waals surface area contributed by atoms with Gasteiger partial charge in [0.05, 0.1) is 6.61 Å². The highest BCUT2D eigenvalue weighted by molar-refractivity contribution is 6.17. The van der Waals surface area contributed by atoms with Crippen LogP contribution in [0.25, 0.3) is 0 Å². The van der Waals surface area contributed by atoms with Crippen molar-refractivity contribution in [2.24, 2.45) is 0 Å². The van der Waals surface area contributed by atoms with Gasteiger partial charge in [-0.05, 0) is 25.8 Å². The van der Waals surface area contributed by atoms with Gasteiger partial charge in [-0.3, -0.25) is 4.79 Å². The van der Waals surface area contributed by atoms with Gasteiger partial charge in [0.25, 0.3) is 0 Å². The average molecular weight is 312 g/mol. The molecule has 0 saturated heterocycles. The van der Waals surface area contributed by atoms with E-state index in [0.717, 1.165) is 5.56 Å². The Hall–Kier alpha value is -1.55. The molecule has 0 aliphatic heterocycles. The van der Waals surface area contributed by atoms with Crippen LogP contribution >= 0.6 is 11.6 Å². The zero-order valence-corrected chi connectivity index (χ0v) is 13.3. The van der Waals surface area contributed by atoms with Crippen molar-refractivity contribution in [2.45, 2.75) is 39.3 Å². The van der Waals surface area contributed by atoms with Crippen LogP contribution in [-0.2, 0) is 20.9 Å². The van der Waals surface area contributed by atoms with Crippen LogP contribution in [0.15, 0.2) is 30.3 Å². The second kappa shape index (κ2) is 9.40. The molecule has 1 unspecified atom stereocenters. The van der Waals surface area contributed by atoms with E-state index in [0.29, 0.717) is 31.9 Å². The van der Waals surface area contributed by atoms with Crippen LogP contribution in [0.1, 0.15) is 32.3 Å². The minimum absolute atomic E-state index is 0.0833. The van der Waals surface area contributed by atoms with E-state index in [-0.39, 0.29) is 11.9 Å². The Kier molecular flexibility index (Phi) is 7.83. The van der Waals surface area contributed by atoms with Crippen molar-refractivity contribution in [1.82, 2.24) is 4.90 Å². The number of alkyl halides is 1. The highest BCUT2D eigenvalue weighted by Gasteiger charge is 2.26. The third kappa shape index (κ3) is 5.76. The molecule has 1 rings (SSSR count). The van der Waals surface area contributed by atoms with Gasteiger partial charge in [0.15, 0.2) is 0 Å². The fourth-order valence-electron chi connectivity index (χ4n) is 1.97. The highest BCUT2D eigenvalue weighted by atomic mass is 35.5. The molecule has 0 N–H and O–H groups in total. The minimum atomic E-state index is -0.604. The van der Waals surface area contributed by atoms with Crippen LogP contribution in [0, 0.1) is 0 Å². The first-order valence-electron chi connectivity index (χ1n) is 7.16. The molecule has 0 bridgehead atoms. The van der Waals surface area contributed by atoms with Crippen molar-refractivity contribution >= 4 is 23.5 Å². The molecule has 0 aliphatic rings. The van der Waals surface area contributed by atoms with Crippen LogP contribution in [0.3, 0.4) is 0 Å². The van der Waals surface area contributed by atoms with Crippen molar-refractivity contribution in [2.75, 3.05) is 12.5 Å². The van der Waals surface area contributed by atoms with E-state index in [1.54, 1.807) is 18.7 Å². The summed E-state index contributed by atoms with van der Waals surface area (Å²) in [7, 11) is 0. The summed E-state index contributed by atoms with van der Waals surface area (Å²) in [5.41, 5.74) is 0.980. The third-order valence-electron chi connectivity index (χ3n) is 3.14. The Morgan fingerprint density at radius 3 is 2.52 bits per heavy atom. The van der Waals surface area contributed by atoms with Gasteiger partial charge in [-0.2, -0.15) is 0 Å². The number of carbonyl (C=O) groups is 2. The molecule has 1 atom stereocenters. The maximum absolute atomic E-state index is 12.3. The number of amides is 1. The van der Waals surface area contributed by atoms with E-state index in [1.807, 2.05) is 30.3 Å². The molecular weight excluding hydrogens is 290 g/mol. The monoisotopic (exact) mass is 311 g/mol. The number of hydrogen-bond acceptors (Lipinski definition) is 3. The molecule has 21 heavy (non-hydrogen) atoms. The lowest BCUT2D eigenvalue weighted by molar-refractivity contribution is -0.154. The Bertz CT molecular complexity index is 450. The number of carbonyl (C=O) groups excluding carboxylic acids is 2. The van der Waals surface area contributed by atoms with Crippen molar-refractivity contribution in [3.63, 3.8) is 0 Å². The maximum atomic E-state index is 12.3. The molecule has 0 aromatic heterocycles. The Labute approximate surface area is 131 Å². The van der Waals surface area contributed by atoms with Gasteiger partial charge in [-0.1, -0.05) is 30.3 Å².